The molecule has 1 amide bonds. The van der Waals surface area contributed by atoms with Crippen LogP contribution in [0.1, 0.15) is 43.6 Å². The fourth-order valence-electron chi connectivity index (χ4n) is 3.11. The summed E-state index contributed by atoms with van der Waals surface area (Å²) in [6, 6.07) is 8.40. The second-order valence-electron chi connectivity index (χ2n) is 7.66. The molecule has 0 aliphatic carbocycles. The number of sulfonamides is 1. The van der Waals surface area contributed by atoms with Crippen LogP contribution in [0.5, 0.6) is 0 Å². The summed E-state index contributed by atoms with van der Waals surface area (Å²) < 4.78 is 45.3. The molecule has 0 aliphatic rings. The van der Waals surface area contributed by atoms with Crippen molar-refractivity contribution in [3.8, 4) is 0 Å². The number of amides is 1. The molecule has 7 nitrogen and oxygen atoms in total. The molecule has 2 aromatic carbocycles. The van der Waals surface area contributed by atoms with Gasteiger partial charge in [0.15, 0.2) is 0 Å². The van der Waals surface area contributed by atoms with Crippen LogP contribution in [0, 0.1) is 11.7 Å². The topological polar surface area (TPSA) is 92.8 Å². The van der Waals surface area contributed by atoms with Gasteiger partial charge in [0.2, 0.25) is 10.0 Å². The van der Waals surface area contributed by atoms with Crippen LogP contribution in [-0.2, 0) is 26.2 Å². The van der Waals surface area contributed by atoms with Crippen molar-refractivity contribution in [2.24, 2.45) is 5.92 Å². The highest BCUT2D eigenvalue weighted by molar-refractivity contribution is 7.89. The van der Waals surface area contributed by atoms with Crippen LogP contribution in [0.25, 0.3) is 0 Å². The average molecular weight is 499 g/mol. The molecule has 0 bridgehead atoms. The number of nitrogens with one attached hydrogen (secondary N) is 1. The third-order valence-corrected chi connectivity index (χ3v) is 7.43. The van der Waals surface area contributed by atoms with E-state index in [1.54, 1.807) is 27.7 Å². The maximum absolute atomic E-state index is 13.2. The Labute approximate surface area is 198 Å². The third-order valence-electron chi connectivity index (χ3n) is 5.03. The molecular formula is C23H28ClFN2O5S. The number of carbonyl (C=O) groups is 2. The highest BCUT2D eigenvalue weighted by atomic mass is 35.5. The molecule has 0 aliphatic heterocycles. The van der Waals surface area contributed by atoms with Crippen LogP contribution in [0.15, 0.2) is 47.4 Å². The first-order chi connectivity index (χ1) is 15.5. The van der Waals surface area contributed by atoms with E-state index in [1.165, 1.54) is 40.7 Å². The lowest BCUT2D eigenvalue weighted by Crippen LogP contribution is -2.45. The maximum atomic E-state index is 13.2. The Kier molecular flexibility index (Phi) is 9.39. The summed E-state index contributed by atoms with van der Waals surface area (Å²) in [6.07, 6.45) is 0. The molecule has 33 heavy (non-hydrogen) atoms. The van der Waals surface area contributed by atoms with Gasteiger partial charge >= 0.3 is 5.97 Å². The Balaban J connectivity index is 2.16. The van der Waals surface area contributed by atoms with Gasteiger partial charge in [-0.1, -0.05) is 51.4 Å². The number of ether oxygens (including phenoxy) is 1. The van der Waals surface area contributed by atoms with Crippen LogP contribution < -0.4 is 5.32 Å². The second-order valence-corrected chi connectivity index (χ2v) is 10.0. The standard InChI is InChI=1S/C23H28ClFN2O5S/c1-5-27(6-2)33(30,31)19-9-7-8-16(12-19)22(28)26-21(15(3)4)23(29)32-14-17-10-11-18(25)13-20(17)24/h7-13,15,21H,5-6,14H2,1-4H3,(H,26,28)/t21-/m0/s1. The Morgan fingerprint density at radius 2 is 1.79 bits per heavy atom. The number of rotatable bonds is 10. The molecule has 2 rings (SSSR count). The minimum Gasteiger partial charge on any atom is -0.459 e. The first-order valence-corrected chi connectivity index (χ1v) is 12.3. The maximum Gasteiger partial charge on any atom is 0.329 e. The van der Waals surface area contributed by atoms with Gasteiger partial charge in [-0.15, -0.1) is 0 Å². The van der Waals surface area contributed by atoms with Crippen LogP contribution in [0.2, 0.25) is 5.02 Å². The SMILES string of the molecule is CCN(CC)S(=O)(=O)c1cccc(C(=O)N[C@H](C(=O)OCc2ccc(F)cc2Cl)C(C)C)c1. The Morgan fingerprint density at radius 1 is 1.12 bits per heavy atom. The largest absolute Gasteiger partial charge is 0.459 e. The van der Waals surface area contributed by atoms with Crippen molar-refractivity contribution in [2.75, 3.05) is 13.1 Å². The molecule has 1 atom stereocenters. The highest BCUT2D eigenvalue weighted by Gasteiger charge is 2.28. The molecular weight excluding hydrogens is 471 g/mol. The summed E-state index contributed by atoms with van der Waals surface area (Å²) in [5, 5.41) is 2.74. The number of benzene rings is 2. The Bertz CT molecular complexity index is 1100. The molecule has 0 spiro atoms. The molecule has 0 saturated heterocycles. The minimum absolute atomic E-state index is 0.00604. The van der Waals surface area contributed by atoms with Crippen LogP contribution in [0.4, 0.5) is 4.39 Å². The van der Waals surface area contributed by atoms with Crippen molar-refractivity contribution < 1.29 is 27.1 Å². The first kappa shape index (κ1) is 26.8. The molecule has 0 radical (unpaired) electrons. The summed E-state index contributed by atoms with van der Waals surface area (Å²) in [4.78, 5) is 25.5. The van der Waals surface area contributed by atoms with E-state index in [0.29, 0.717) is 18.7 Å². The predicted octanol–water partition coefficient (Wildman–Crippen LogP) is 4.01. The fraction of sp³-hybridized carbons (Fsp3) is 0.391. The number of nitrogens with zero attached hydrogens (tertiary/aromatic N) is 1. The van der Waals surface area contributed by atoms with Crippen LogP contribution >= 0.6 is 11.6 Å². The zero-order chi connectivity index (χ0) is 24.8. The minimum atomic E-state index is -3.74. The number of carbonyl (C=O) groups excluding carboxylic acids is 2. The molecule has 0 saturated carbocycles. The number of hydrogen-bond acceptors (Lipinski definition) is 5. The molecule has 10 heteroatoms. The van der Waals surface area contributed by atoms with Crippen molar-refractivity contribution in [1.82, 2.24) is 9.62 Å². The predicted molar refractivity (Wildman–Crippen MR) is 124 cm³/mol. The van der Waals surface area contributed by atoms with Crippen molar-refractivity contribution in [1.29, 1.82) is 0 Å². The number of halogens is 2. The fourth-order valence-corrected chi connectivity index (χ4v) is 4.84. The summed E-state index contributed by atoms with van der Waals surface area (Å²) >= 11 is 5.96. The Hall–Kier alpha value is -2.49. The van der Waals surface area contributed by atoms with Crippen LogP contribution in [-0.4, -0.2) is 43.7 Å². The third kappa shape index (κ3) is 6.75. The van der Waals surface area contributed by atoms with Gasteiger partial charge in [0, 0.05) is 24.2 Å². The van der Waals surface area contributed by atoms with Gasteiger partial charge in [0.1, 0.15) is 18.5 Å². The van der Waals surface area contributed by atoms with Gasteiger partial charge in [-0.25, -0.2) is 17.6 Å². The first-order valence-electron chi connectivity index (χ1n) is 10.5. The van der Waals surface area contributed by atoms with Crippen molar-refractivity contribution in [2.45, 2.75) is 45.2 Å². The van der Waals surface area contributed by atoms with E-state index >= 15 is 0 Å². The molecule has 1 N–H and O–H groups in total. The molecule has 2 aromatic rings. The zero-order valence-electron chi connectivity index (χ0n) is 19.0. The van der Waals surface area contributed by atoms with E-state index in [1.807, 2.05) is 0 Å². The van der Waals surface area contributed by atoms with E-state index in [-0.39, 0.29) is 28.0 Å². The molecule has 0 fully saturated rings. The monoisotopic (exact) mass is 498 g/mol. The molecule has 180 valence electrons. The van der Waals surface area contributed by atoms with E-state index < -0.39 is 33.8 Å². The quantitative estimate of drug-likeness (QED) is 0.500. The van der Waals surface area contributed by atoms with Gasteiger partial charge < -0.3 is 10.1 Å². The lowest BCUT2D eigenvalue weighted by atomic mass is 10.0. The van der Waals surface area contributed by atoms with E-state index in [9.17, 15) is 22.4 Å². The molecule has 0 aromatic heterocycles. The van der Waals surface area contributed by atoms with Gasteiger partial charge in [-0.3, -0.25) is 4.79 Å². The number of hydrogen-bond donors (Lipinski definition) is 1. The Morgan fingerprint density at radius 3 is 2.36 bits per heavy atom. The smallest absolute Gasteiger partial charge is 0.329 e. The van der Waals surface area contributed by atoms with E-state index in [4.69, 9.17) is 16.3 Å². The summed E-state index contributed by atoms with van der Waals surface area (Å²) in [5.41, 5.74) is 0.526. The normalized spacial score (nSPS) is 12.6. The summed E-state index contributed by atoms with van der Waals surface area (Å²) in [5.74, 6) is -2.12. The lowest BCUT2D eigenvalue weighted by Gasteiger charge is -2.22. The summed E-state index contributed by atoms with van der Waals surface area (Å²) in [6.45, 7) is 7.35. The van der Waals surface area contributed by atoms with Crippen molar-refractivity contribution in [3.05, 3.63) is 64.4 Å². The van der Waals surface area contributed by atoms with Crippen molar-refractivity contribution >= 4 is 33.5 Å². The van der Waals surface area contributed by atoms with Gasteiger partial charge in [-0.05, 0) is 36.2 Å². The van der Waals surface area contributed by atoms with Gasteiger partial charge in [0.05, 0.1) is 9.92 Å². The second kappa shape index (κ2) is 11.6. The summed E-state index contributed by atoms with van der Waals surface area (Å²) in [7, 11) is -3.74. The van der Waals surface area contributed by atoms with Gasteiger partial charge in [-0.2, -0.15) is 4.31 Å². The van der Waals surface area contributed by atoms with Crippen LogP contribution in [0.3, 0.4) is 0 Å². The van der Waals surface area contributed by atoms with Crippen molar-refractivity contribution in [3.63, 3.8) is 0 Å². The highest BCUT2D eigenvalue weighted by Crippen LogP contribution is 2.20. The van der Waals surface area contributed by atoms with Gasteiger partial charge in [0.25, 0.3) is 5.91 Å². The molecule has 0 heterocycles. The number of esters is 1. The lowest BCUT2D eigenvalue weighted by molar-refractivity contribution is -0.148. The van der Waals surface area contributed by atoms with E-state index in [2.05, 4.69) is 5.32 Å². The average Bonchev–Trinajstić information content (AvgIpc) is 2.77. The molecule has 0 unspecified atom stereocenters. The zero-order valence-corrected chi connectivity index (χ0v) is 20.5. The van der Waals surface area contributed by atoms with E-state index in [0.717, 1.165) is 6.07 Å².